The van der Waals surface area contributed by atoms with Crippen molar-refractivity contribution in [1.82, 2.24) is 4.98 Å². The lowest BCUT2D eigenvalue weighted by Crippen LogP contribution is -2.09. The summed E-state index contributed by atoms with van der Waals surface area (Å²) in [5.41, 5.74) is 7.67. The first-order valence-corrected chi connectivity index (χ1v) is 5.76. The summed E-state index contributed by atoms with van der Waals surface area (Å²) in [6.45, 7) is 0. The third-order valence-corrected chi connectivity index (χ3v) is 2.83. The number of nitrogens with zero attached hydrogens (tertiary/aromatic N) is 3. The normalized spacial score (nSPS) is 15.6. The second-order valence-electron chi connectivity index (χ2n) is 3.81. The van der Waals surface area contributed by atoms with Crippen LogP contribution in [0.4, 0.5) is 5.82 Å². The zero-order valence-corrected chi connectivity index (χ0v) is 10.1. The molecule has 0 unspecified atom stereocenters. The lowest BCUT2D eigenvalue weighted by molar-refractivity contribution is 1.27. The molecule has 0 aliphatic carbocycles. The lowest BCUT2D eigenvalue weighted by Gasteiger charge is -1.98. The highest BCUT2D eigenvalue weighted by Gasteiger charge is 2.18. The fourth-order valence-electron chi connectivity index (χ4n) is 1.76. The van der Waals surface area contributed by atoms with Crippen molar-refractivity contribution in [3.05, 3.63) is 58.7 Å². The molecule has 1 aromatic carbocycles. The summed E-state index contributed by atoms with van der Waals surface area (Å²) in [7, 11) is 0. The molecule has 0 atom stereocenters. The Kier molecular flexibility index (Phi) is 2.57. The monoisotopic (exact) mass is 256 g/mol. The van der Waals surface area contributed by atoms with Crippen molar-refractivity contribution < 1.29 is 0 Å². The topological polar surface area (TPSA) is 63.6 Å². The quantitative estimate of drug-likeness (QED) is 0.852. The van der Waals surface area contributed by atoms with Crippen molar-refractivity contribution in [2.24, 2.45) is 15.7 Å². The first-order valence-electron chi connectivity index (χ1n) is 5.38. The minimum absolute atomic E-state index is 0.485. The van der Waals surface area contributed by atoms with Crippen molar-refractivity contribution in [3.8, 4) is 0 Å². The van der Waals surface area contributed by atoms with E-state index >= 15 is 0 Å². The van der Waals surface area contributed by atoms with Gasteiger partial charge in [-0.2, -0.15) is 0 Å². The minimum atomic E-state index is 0.485. The largest absolute Gasteiger partial charge is 0.383 e. The van der Waals surface area contributed by atoms with Gasteiger partial charge in [-0.05, 0) is 12.1 Å². The molecular weight excluding hydrogens is 248 g/mol. The summed E-state index contributed by atoms with van der Waals surface area (Å²) in [6.07, 6.45) is 1.55. The molecule has 0 spiro atoms. The number of hydrogen-bond donors (Lipinski definition) is 1. The molecule has 88 valence electrons. The molecular formula is C13H9ClN4. The molecule has 3 rings (SSSR count). The molecule has 0 radical (unpaired) electrons. The molecule has 1 aliphatic rings. The van der Waals surface area contributed by atoms with Gasteiger partial charge in [0.2, 0.25) is 0 Å². The van der Waals surface area contributed by atoms with Gasteiger partial charge in [0.05, 0.1) is 5.02 Å². The molecule has 4 nitrogen and oxygen atoms in total. The van der Waals surface area contributed by atoms with E-state index in [1.807, 2.05) is 24.3 Å². The maximum atomic E-state index is 5.84. The van der Waals surface area contributed by atoms with E-state index in [0.717, 1.165) is 11.1 Å². The third kappa shape index (κ3) is 1.87. The second kappa shape index (κ2) is 4.23. The van der Waals surface area contributed by atoms with E-state index in [1.54, 1.807) is 18.3 Å². The smallest absolute Gasteiger partial charge is 0.164 e. The predicted molar refractivity (Wildman–Crippen MR) is 72.6 cm³/mol. The predicted octanol–water partition coefficient (Wildman–Crippen LogP) is 2.53. The Hall–Kier alpha value is -2.20. The maximum Gasteiger partial charge on any atom is 0.164 e. The van der Waals surface area contributed by atoms with Crippen molar-refractivity contribution in [2.45, 2.75) is 0 Å². The van der Waals surface area contributed by atoms with Gasteiger partial charge in [-0.25, -0.2) is 15.0 Å². The van der Waals surface area contributed by atoms with Gasteiger partial charge < -0.3 is 5.73 Å². The summed E-state index contributed by atoms with van der Waals surface area (Å²) in [4.78, 5) is 12.7. The van der Waals surface area contributed by atoms with Crippen molar-refractivity contribution in [3.63, 3.8) is 0 Å². The zero-order chi connectivity index (χ0) is 12.5. The number of aliphatic imine (C=N–C) groups is 2. The number of nitrogens with two attached hydrogens (primary N) is 1. The summed E-state index contributed by atoms with van der Waals surface area (Å²) < 4.78 is 0. The van der Waals surface area contributed by atoms with Crippen LogP contribution in [0.3, 0.4) is 0 Å². The number of aromatic nitrogens is 1. The fourth-order valence-corrected chi connectivity index (χ4v) is 1.88. The van der Waals surface area contributed by atoms with Gasteiger partial charge in [0, 0.05) is 17.3 Å². The van der Waals surface area contributed by atoms with Gasteiger partial charge in [-0.1, -0.05) is 35.9 Å². The van der Waals surface area contributed by atoms with Gasteiger partial charge in [0.25, 0.3) is 0 Å². The van der Waals surface area contributed by atoms with Crippen LogP contribution in [0.25, 0.3) is 0 Å². The van der Waals surface area contributed by atoms with Crippen LogP contribution in [-0.2, 0) is 0 Å². The van der Waals surface area contributed by atoms with E-state index in [9.17, 15) is 0 Å². The molecule has 1 aliphatic heterocycles. The van der Waals surface area contributed by atoms with Crippen LogP contribution in [0.2, 0.25) is 5.02 Å². The molecule has 0 fully saturated rings. The van der Waals surface area contributed by atoms with Crippen LogP contribution in [-0.4, -0.2) is 16.7 Å². The Balaban J connectivity index is 2.07. The molecule has 0 saturated carbocycles. The van der Waals surface area contributed by atoms with E-state index in [2.05, 4.69) is 15.0 Å². The summed E-state index contributed by atoms with van der Waals surface area (Å²) in [5.74, 6) is 1.62. The number of benzene rings is 1. The molecule has 0 amide bonds. The van der Waals surface area contributed by atoms with Gasteiger partial charge in [-0.3, -0.25) is 0 Å². The van der Waals surface area contributed by atoms with E-state index < -0.39 is 0 Å². The first kappa shape index (κ1) is 10.9. The highest BCUT2D eigenvalue weighted by molar-refractivity contribution is 6.30. The molecule has 2 aromatic rings. The Labute approximate surface area is 109 Å². The molecule has 2 heterocycles. The van der Waals surface area contributed by atoms with E-state index in [0.29, 0.717) is 22.5 Å². The van der Waals surface area contributed by atoms with Crippen LogP contribution in [0, 0.1) is 0 Å². The Morgan fingerprint density at radius 3 is 2.56 bits per heavy atom. The average Bonchev–Trinajstić information content (AvgIpc) is 2.70. The first-order chi connectivity index (χ1) is 8.74. The number of pyridine rings is 1. The highest BCUT2D eigenvalue weighted by Crippen LogP contribution is 2.20. The summed E-state index contributed by atoms with van der Waals surface area (Å²) in [6, 6.07) is 11.2. The number of amidine groups is 2. The molecule has 2 N–H and O–H groups in total. The van der Waals surface area contributed by atoms with Crippen LogP contribution >= 0.6 is 11.6 Å². The highest BCUT2D eigenvalue weighted by atomic mass is 35.5. The SMILES string of the molecule is NC1=NC(=Nc2ccc(Cl)cn2)c2ccccc21. The third-order valence-electron chi connectivity index (χ3n) is 2.60. The fraction of sp³-hybridized carbons (Fsp3) is 0. The number of rotatable bonds is 1. The van der Waals surface area contributed by atoms with Gasteiger partial charge in [0.1, 0.15) is 5.84 Å². The second-order valence-corrected chi connectivity index (χ2v) is 4.25. The lowest BCUT2D eigenvalue weighted by atomic mass is 10.1. The summed E-state index contributed by atoms with van der Waals surface area (Å²) in [5, 5.41) is 0.578. The zero-order valence-electron chi connectivity index (χ0n) is 9.34. The Morgan fingerprint density at radius 2 is 1.83 bits per heavy atom. The maximum absolute atomic E-state index is 5.84. The van der Waals surface area contributed by atoms with E-state index in [-0.39, 0.29) is 0 Å². The van der Waals surface area contributed by atoms with Crippen LogP contribution in [0.5, 0.6) is 0 Å². The molecule has 0 bridgehead atoms. The number of halogens is 1. The van der Waals surface area contributed by atoms with Crippen molar-refractivity contribution in [1.29, 1.82) is 0 Å². The molecule has 18 heavy (non-hydrogen) atoms. The summed E-state index contributed by atoms with van der Waals surface area (Å²) >= 11 is 5.77. The Morgan fingerprint density at radius 1 is 1.06 bits per heavy atom. The Bertz CT molecular complexity index is 659. The standard InChI is InChI=1S/C13H9ClN4/c14-8-5-6-11(16-7-8)17-13-10-4-2-1-3-9(10)12(15)18-13/h1-7H,(H2,15,16,17,18). The van der Waals surface area contributed by atoms with Gasteiger partial charge >= 0.3 is 0 Å². The number of fused-ring (bicyclic) bond motifs is 1. The van der Waals surface area contributed by atoms with Crippen LogP contribution in [0.1, 0.15) is 11.1 Å². The van der Waals surface area contributed by atoms with E-state index in [4.69, 9.17) is 17.3 Å². The molecule has 0 saturated heterocycles. The minimum Gasteiger partial charge on any atom is -0.383 e. The van der Waals surface area contributed by atoms with Crippen LogP contribution < -0.4 is 5.73 Å². The van der Waals surface area contributed by atoms with Crippen LogP contribution in [0.15, 0.2) is 52.6 Å². The number of hydrogen-bond acceptors (Lipinski definition) is 3. The molecule has 1 aromatic heterocycles. The van der Waals surface area contributed by atoms with Gasteiger partial charge in [-0.15, -0.1) is 0 Å². The van der Waals surface area contributed by atoms with E-state index in [1.165, 1.54) is 0 Å². The van der Waals surface area contributed by atoms with Gasteiger partial charge in [0.15, 0.2) is 11.7 Å². The van der Waals surface area contributed by atoms with Crippen molar-refractivity contribution >= 4 is 29.1 Å². The average molecular weight is 257 g/mol. The van der Waals surface area contributed by atoms with Crippen molar-refractivity contribution in [2.75, 3.05) is 0 Å². The molecule has 5 heteroatoms.